The third kappa shape index (κ3) is 4.27. The number of para-hydroxylation sites is 1. The number of nitrogens with one attached hydrogen (secondary N) is 2. The van der Waals surface area contributed by atoms with Gasteiger partial charge in [-0.2, -0.15) is 9.78 Å². The molecule has 166 valence electrons. The van der Waals surface area contributed by atoms with Gasteiger partial charge in [0.25, 0.3) is 11.5 Å². The molecule has 4 aromatic rings. The predicted octanol–water partition coefficient (Wildman–Crippen LogP) is 3.17. The van der Waals surface area contributed by atoms with Crippen molar-refractivity contribution in [2.24, 2.45) is 0 Å². The van der Waals surface area contributed by atoms with Gasteiger partial charge in [0.2, 0.25) is 5.91 Å². The average molecular weight is 478 g/mol. The Morgan fingerprint density at radius 3 is 2.79 bits per heavy atom. The summed E-state index contributed by atoms with van der Waals surface area (Å²) in [5, 5.41) is 10.2. The molecule has 10 heteroatoms. The van der Waals surface area contributed by atoms with E-state index in [0.29, 0.717) is 33.5 Å². The Morgan fingerprint density at radius 2 is 1.97 bits per heavy atom. The molecule has 1 aliphatic rings. The van der Waals surface area contributed by atoms with Gasteiger partial charge in [0.15, 0.2) is 10.8 Å². The van der Waals surface area contributed by atoms with Gasteiger partial charge < -0.3 is 10.6 Å². The number of thioether (sulfide) groups is 1. The molecule has 33 heavy (non-hydrogen) atoms. The molecule has 2 aromatic heterocycles. The van der Waals surface area contributed by atoms with Gasteiger partial charge in [-0.15, -0.1) is 11.8 Å². The second-order valence-electron chi connectivity index (χ2n) is 7.53. The van der Waals surface area contributed by atoms with Crippen molar-refractivity contribution in [3.8, 4) is 5.69 Å². The second-order valence-corrected chi connectivity index (χ2v) is 9.66. The zero-order chi connectivity index (χ0) is 22.9. The van der Waals surface area contributed by atoms with Crippen molar-refractivity contribution in [1.29, 1.82) is 0 Å². The van der Waals surface area contributed by atoms with Crippen LogP contribution in [0.25, 0.3) is 15.9 Å². The number of rotatable bonds is 5. The van der Waals surface area contributed by atoms with Crippen LogP contribution in [0.3, 0.4) is 0 Å². The van der Waals surface area contributed by atoms with Crippen LogP contribution in [0.2, 0.25) is 0 Å². The minimum Gasteiger partial charge on any atom is -0.342 e. The summed E-state index contributed by atoms with van der Waals surface area (Å²) < 4.78 is 2.23. The Bertz CT molecular complexity index is 1450. The van der Waals surface area contributed by atoms with Crippen molar-refractivity contribution in [3.63, 3.8) is 0 Å². The number of carbonyl (C=O) groups excluding carboxylic acids is 2. The van der Waals surface area contributed by atoms with Gasteiger partial charge >= 0.3 is 0 Å². The summed E-state index contributed by atoms with van der Waals surface area (Å²) in [6, 6.07) is 14.8. The van der Waals surface area contributed by atoms with E-state index in [1.807, 2.05) is 31.2 Å². The number of nitrogens with zero attached hydrogens (tertiary/aromatic N) is 3. The number of carbonyl (C=O) groups is 2. The number of hydrogen-bond acceptors (Lipinski definition) is 7. The molecular formula is C23H19N5O3S2. The first-order chi connectivity index (χ1) is 16.0. The zero-order valence-electron chi connectivity index (χ0n) is 17.6. The normalized spacial score (nSPS) is 12.5. The van der Waals surface area contributed by atoms with Gasteiger partial charge in [-0.05, 0) is 43.2 Å². The van der Waals surface area contributed by atoms with Crippen LogP contribution in [0, 0.1) is 6.92 Å². The summed E-state index contributed by atoms with van der Waals surface area (Å²) in [4.78, 5) is 43.2. The fourth-order valence-corrected chi connectivity index (χ4v) is 5.67. The third-order valence-corrected chi connectivity index (χ3v) is 7.21. The van der Waals surface area contributed by atoms with E-state index in [0.717, 1.165) is 15.8 Å². The fourth-order valence-electron chi connectivity index (χ4n) is 3.59. The van der Waals surface area contributed by atoms with Crippen molar-refractivity contribution >= 4 is 50.3 Å². The number of thiazole rings is 1. The molecule has 2 aromatic carbocycles. The largest absolute Gasteiger partial charge is 0.342 e. The van der Waals surface area contributed by atoms with E-state index in [1.54, 1.807) is 24.3 Å². The van der Waals surface area contributed by atoms with E-state index in [2.05, 4.69) is 20.7 Å². The summed E-state index contributed by atoms with van der Waals surface area (Å²) >= 11 is 2.80. The summed E-state index contributed by atoms with van der Waals surface area (Å²) in [5.41, 5.74) is 3.07. The lowest BCUT2D eigenvalue weighted by Crippen LogP contribution is -2.36. The van der Waals surface area contributed by atoms with Crippen LogP contribution in [0.1, 0.15) is 21.6 Å². The smallest absolute Gasteiger partial charge is 0.285 e. The molecule has 0 fully saturated rings. The molecule has 3 heterocycles. The third-order valence-electron chi connectivity index (χ3n) is 5.16. The predicted molar refractivity (Wildman–Crippen MR) is 130 cm³/mol. The van der Waals surface area contributed by atoms with Crippen LogP contribution < -0.4 is 16.2 Å². The Balaban J connectivity index is 1.33. The fraction of sp³-hybridized carbons (Fsp3) is 0.174. The van der Waals surface area contributed by atoms with Crippen LogP contribution in [-0.2, 0) is 11.2 Å². The molecule has 8 nitrogen and oxygen atoms in total. The number of aromatic nitrogens is 3. The lowest BCUT2D eigenvalue weighted by Gasteiger charge is -2.12. The molecule has 0 spiro atoms. The Morgan fingerprint density at radius 1 is 1.15 bits per heavy atom. The summed E-state index contributed by atoms with van der Waals surface area (Å²) in [6.07, 6.45) is 0.581. The van der Waals surface area contributed by atoms with Crippen molar-refractivity contribution in [2.45, 2.75) is 18.2 Å². The van der Waals surface area contributed by atoms with Crippen LogP contribution in [0.4, 0.5) is 5.13 Å². The zero-order valence-corrected chi connectivity index (χ0v) is 19.3. The average Bonchev–Trinajstić information content (AvgIpc) is 3.45. The van der Waals surface area contributed by atoms with Crippen LogP contribution >= 0.6 is 23.1 Å². The van der Waals surface area contributed by atoms with Gasteiger partial charge in [-0.1, -0.05) is 35.6 Å². The van der Waals surface area contributed by atoms with E-state index in [4.69, 9.17) is 0 Å². The van der Waals surface area contributed by atoms with E-state index in [9.17, 15) is 14.4 Å². The number of benzene rings is 2. The highest BCUT2D eigenvalue weighted by molar-refractivity contribution is 7.99. The number of anilines is 1. The highest BCUT2D eigenvalue weighted by Crippen LogP contribution is 2.30. The molecule has 0 saturated heterocycles. The van der Waals surface area contributed by atoms with Crippen LogP contribution in [0.15, 0.2) is 58.2 Å². The molecule has 0 saturated carbocycles. The van der Waals surface area contributed by atoms with Crippen molar-refractivity contribution in [2.75, 3.05) is 17.6 Å². The van der Waals surface area contributed by atoms with Crippen LogP contribution in [-0.4, -0.2) is 38.9 Å². The molecule has 0 atom stereocenters. The first kappa shape index (κ1) is 21.4. The molecule has 5 rings (SSSR count). The maximum atomic E-state index is 12.9. The minimum absolute atomic E-state index is 0.168. The molecule has 0 aliphatic carbocycles. The van der Waals surface area contributed by atoms with Crippen molar-refractivity contribution < 1.29 is 9.59 Å². The molecule has 2 N–H and O–H groups in total. The first-order valence-corrected chi connectivity index (χ1v) is 12.1. The van der Waals surface area contributed by atoms with Crippen molar-refractivity contribution in [1.82, 2.24) is 20.1 Å². The maximum absolute atomic E-state index is 12.9. The topological polar surface area (TPSA) is 106 Å². The lowest BCUT2D eigenvalue weighted by atomic mass is 10.1. The molecule has 0 unspecified atom stereocenters. The second kappa shape index (κ2) is 8.80. The SMILES string of the molecule is Cc1ccc2nc(NC(=O)CNC(=O)c3nn(-c4ccccc4)c(=O)c4c3CCS4)sc2c1. The summed E-state index contributed by atoms with van der Waals surface area (Å²) in [6.45, 7) is 1.76. The van der Waals surface area contributed by atoms with E-state index >= 15 is 0 Å². The van der Waals surface area contributed by atoms with Gasteiger partial charge in [-0.3, -0.25) is 14.4 Å². The van der Waals surface area contributed by atoms with E-state index < -0.39 is 5.91 Å². The van der Waals surface area contributed by atoms with Crippen LogP contribution in [0.5, 0.6) is 0 Å². The Kier molecular flexibility index (Phi) is 5.69. The van der Waals surface area contributed by atoms with Gasteiger partial charge in [0.1, 0.15) is 0 Å². The molecule has 1 aliphatic heterocycles. The quantitative estimate of drug-likeness (QED) is 0.457. The first-order valence-electron chi connectivity index (χ1n) is 10.3. The number of amides is 2. The van der Waals surface area contributed by atoms with Gasteiger partial charge in [0.05, 0.1) is 27.3 Å². The molecular weight excluding hydrogens is 458 g/mol. The maximum Gasteiger partial charge on any atom is 0.285 e. The van der Waals surface area contributed by atoms with E-state index in [1.165, 1.54) is 27.8 Å². The number of aryl methyl sites for hydroxylation is 1. The number of hydrogen-bond donors (Lipinski definition) is 2. The van der Waals surface area contributed by atoms with Gasteiger partial charge in [-0.25, -0.2) is 4.98 Å². The Labute approximate surface area is 197 Å². The van der Waals surface area contributed by atoms with Crippen molar-refractivity contribution in [3.05, 3.63) is 75.7 Å². The monoisotopic (exact) mass is 477 g/mol. The Hall–Kier alpha value is -3.50. The lowest BCUT2D eigenvalue weighted by molar-refractivity contribution is -0.115. The molecule has 0 radical (unpaired) electrons. The summed E-state index contributed by atoms with van der Waals surface area (Å²) in [5.74, 6) is -0.168. The molecule has 0 bridgehead atoms. The van der Waals surface area contributed by atoms with E-state index in [-0.39, 0.29) is 23.7 Å². The number of fused-ring (bicyclic) bond motifs is 2. The highest BCUT2D eigenvalue weighted by atomic mass is 32.2. The standard InChI is InChI=1S/C23H19N5O3S2/c1-13-7-8-16-17(11-13)33-23(25-16)26-18(29)12-24-21(30)19-15-9-10-32-20(15)22(31)28(27-19)14-5-3-2-4-6-14/h2-8,11H,9-10,12H2,1H3,(H,24,30)(H,25,26,29). The minimum atomic E-state index is -0.492. The highest BCUT2D eigenvalue weighted by Gasteiger charge is 2.27. The van der Waals surface area contributed by atoms with Gasteiger partial charge in [0, 0.05) is 11.3 Å². The summed E-state index contributed by atoms with van der Waals surface area (Å²) in [7, 11) is 0. The molecule has 2 amide bonds.